The Labute approximate surface area is 86.5 Å². The average Bonchev–Trinajstić information content (AvgIpc) is 2.01. The van der Waals surface area contributed by atoms with Crippen molar-refractivity contribution in [3.05, 3.63) is 22.8 Å². The standard InChI is InChI=1S/C10H12BrNO/c1-7-4-9(5-7)13-10-6-8(11)2-3-12-10/h2-3,6-7,9H,4-5H2,1H3/t7-,9+. The lowest BCUT2D eigenvalue weighted by Gasteiger charge is -2.32. The molecule has 0 aliphatic heterocycles. The molecule has 0 amide bonds. The molecule has 0 aromatic carbocycles. The molecule has 0 bridgehead atoms. The number of ether oxygens (including phenoxy) is 1. The van der Waals surface area contributed by atoms with Crippen molar-refractivity contribution in [2.45, 2.75) is 25.9 Å². The summed E-state index contributed by atoms with van der Waals surface area (Å²) in [6.07, 6.45) is 4.46. The summed E-state index contributed by atoms with van der Waals surface area (Å²) in [7, 11) is 0. The van der Waals surface area contributed by atoms with Gasteiger partial charge in [0.05, 0.1) is 0 Å². The normalized spacial score (nSPS) is 26.6. The van der Waals surface area contributed by atoms with E-state index in [9.17, 15) is 0 Å². The molecule has 1 aromatic rings. The molecule has 0 atom stereocenters. The molecular weight excluding hydrogens is 230 g/mol. The fraction of sp³-hybridized carbons (Fsp3) is 0.500. The van der Waals surface area contributed by atoms with Crippen molar-refractivity contribution in [1.82, 2.24) is 4.98 Å². The second-order valence-electron chi connectivity index (χ2n) is 3.63. The van der Waals surface area contributed by atoms with Crippen LogP contribution in [0.4, 0.5) is 0 Å². The van der Waals surface area contributed by atoms with E-state index in [0.29, 0.717) is 6.10 Å². The molecular formula is C10H12BrNO. The molecule has 0 unspecified atom stereocenters. The Morgan fingerprint density at radius 1 is 1.54 bits per heavy atom. The molecule has 1 heterocycles. The average molecular weight is 242 g/mol. The summed E-state index contributed by atoms with van der Waals surface area (Å²) in [6, 6.07) is 3.80. The van der Waals surface area contributed by atoms with Crippen LogP contribution in [0.2, 0.25) is 0 Å². The number of halogens is 1. The molecule has 1 aliphatic carbocycles. The summed E-state index contributed by atoms with van der Waals surface area (Å²) >= 11 is 3.38. The van der Waals surface area contributed by atoms with Gasteiger partial charge in [-0.15, -0.1) is 0 Å². The molecule has 3 heteroatoms. The van der Waals surface area contributed by atoms with Crippen LogP contribution in [0.15, 0.2) is 22.8 Å². The van der Waals surface area contributed by atoms with Crippen molar-refractivity contribution in [3.8, 4) is 5.88 Å². The minimum Gasteiger partial charge on any atom is -0.474 e. The Morgan fingerprint density at radius 2 is 2.31 bits per heavy atom. The van der Waals surface area contributed by atoms with Gasteiger partial charge in [0.2, 0.25) is 5.88 Å². The molecule has 0 N–H and O–H groups in total. The second kappa shape index (κ2) is 3.66. The lowest BCUT2D eigenvalue weighted by molar-refractivity contribution is 0.0695. The van der Waals surface area contributed by atoms with Crippen LogP contribution in [0.25, 0.3) is 0 Å². The Bertz CT molecular complexity index is 297. The first-order valence-corrected chi connectivity index (χ1v) is 5.31. The summed E-state index contributed by atoms with van der Waals surface area (Å²) in [5, 5.41) is 0. The number of hydrogen-bond donors (Lipinski definition) is 0. The fourth-order valence-corrected chi connectivity index (χ4v) is 1.86. The highest BCUT2D eigenvalue weighted by Crippen LogP contribution is 2.30. The molecule has 2 rings (SSSR count). The SMILES string of the molecule is C[C@H]1C[C@@H](Oc2cc(Br)ccn2)C1. The number of rotatable bonds is 2. The lowest BCUT2D eigenvalue weighted by atomic mass is 9.84. The smallest absolute Gasteiger partial charge is 0.214 e. The van der Waals surface area contributed by atoms with Crippen LogP contribution in [-0.2, 0) is 0 Å². The topological polar surface area (TPSA) is 22.1 Å². The van der Waals surface area contributed by atoms with Gasteiger partial charge < -0.3 is 4.74 Å². The molecule has 1 aliphatic rings. The summed E-state index contributed by atoms with van der Waals surface area (Å²) in [5.74, 6) is 1.54. The maximum absolute atomic E-state index is 5.66. The van der Waals surface area contributed by atoms with Gasteiger partial charge in [-0.25, -0.2) is 4.98 Å². The van der Waals surface area contributed by atoms with Crippen LogP contribution in [-0.4, -0.2) is 11.1 Å². The molecule has 70 valence electrons. The van der Waals surface area contributed by atoms with E-state index in [1.165, 1.54) is 0 Å². The largest absolute Gasteiger partial charge is 0.474 e. The monoisotopic (exact) mass is 241 g/mol. The van der Waals surface area contributed by atoms with Gasteiger partial charge >= 0.3 is 0 Å². The fourth-order valence-electron chi connectivity index (χ4n) is 1.55. The third kappa shape index (κ3) is 2.21. The zero-order valence-electron chi connectivity index (χ0n) is 7.53. The van der Waals surface area contributed by atoms with Crippen LogP contribution < -0.4 is 4.74 Å². The van der Waals surface area contributed by atoms with Gasteiger partial charge in [-0.1, -0.05) is 22.9 Å². The molecule has 0 spiro atoms. The number of pyridine rings is 1. The van der Waals surface area contributed by atoms with E-state index in [1.54, 1.807) is 6.20 Å². The summed E-state index contributed by atoms with van der Waals surface area (Å²) in [5.41, 5.74) is 0. The zero-order valence-corrected chi connectivity index (χ0v) is 9.12. The molecule has 1 fully saturated rings. The van der Waals surface area contributed by atoms with Crippen LogP contribution in [0.1, 0.15) is 19.8 Å². The van der Waals surface area contributed by atoms with Gasteiger partial charge in [-0.3, -0.25) is 0 Å². The highest BCUT2D eigenvalue weighted by atomic mass is 79.9. The highest BCUT2D eigenvalue weighted by Gasteiger charge is 2.27. The summed E-state index contributed by atoms with van der Waals surface area (Å²) in [6.45, 7) is 2.24. The van der Waals surface area contributed by atoms with E-state index in [4.69, 9.17) is 4.74 Å². The third-order valence-corrected chi connectivity index (χ3v) is 2.81. The van der Waals surface area contributed by atoms with Crippen LogP contribution >= 0.6 is 15.9 Å². The number of nitrogens with zero attached hydrogens (tertiary/aromatic N) is 1. The van der Waals surface area contributed by atoms with E-state index in [-0.39, 0.29) is 0 Å². The Hall–Kier alpha value is -0.570. The van der Waals surface area contributed by atoms with Crippen LogP contribution in [0.5, 0.6) is 5.88 Å². The van der Waals surface area contributed by atoms with Crippen molar-refractivity contribution in [2.24, 2.45) is 5.92 Å². The Morgan fingerprint density at radius 3 is 2.92 bits per heavy atom. The van der Waals surface area contributed by atoms with Gasteiger partial charge in [0.15, 0.2) is 0 Å². The minimum atomic E-state index is 0.386. The molecule has 0 saturated heterocycles. The van der Waals surface area contributed by atoms with Crippen molar-refractivity contribution < 1.29 is 4.74 Å². The van der Waals surface area contributed by atoms with Crippen LogP contribution in [0, 0.1) is 5.92 Å². The van der Waals surface area contributed by atoms with E-state index in [0.717, 1.165) is 29.1 Å². The van der Waals surface area contributed by atoms with E-state index in [2.05, 4.69) is 27.8 Å². The highest BCUT2D eigenvalue weighted by molar-refractivity contribution is 9.10. The summed E-state index contributed by atoms with van der Waals surface area (Å²) in [4.78, 5) is 4.13. The second-order valence-corrected chi connectivity index (χ2v) is 4.54. The Balaban J connectivity index is 1.94. The van der Waals surface area contributed by atoms with Gasteiger partial charge in [0.25, 0.3) is 0 Å². The molecule has 1 aromatic heterocycles. The maximum atomic E-state index is 5.66. The molecule has 0 radical (unpaired) electrons. The summed E-state index contributed by atoms with van der Waals surface area (Å²) < 4.78 is 6.68. The van der Waals surface area contributed by atoms with E-state index >= 15 is 0 Å². The van der Waals surface area contributed by atoms with Crippen molar-refractivity contribution >= 4 is 15.9 Å². The van der Waals surface area contributed by atoms with E-state index in [1.807, 2.05) is 12.1 Å². The quantitative estimate of drug-likeness (QED) is 0.795. The van der Waals surface area contributed by atoms with Gasteiger partial charge in [-0.05, 0) is 24.8 Å². The van der Waals surface area contributed by atoms with Crippen molar-refractivity contribution in [1.29, 1.82) is 0 Å². The predicted molar refractivity (Wildman–Crippen MR) is 54.8 cm³/mol. The van der Waals surface area contributed by atoms with Gasteiger partial charge in [0.1, 0.15) is 6.10 Å². The molecule has 2 nitrogen and oxygen atoms in total. The predicted octanol–water partition coefficient (Wildman–Crippen LogP) is 3.02. The van der Waals surface area contributed by atoms with Gasteiger partial charge in [0, 0.05) is 16.7 Å². The number of aromatic nitrogens is 1. The van der Waals surface area contributed by atoms with E-state index < -0.39 is 0 Å². The molecule has 1 saturated carbocycles. The van der Waals surface area contributed by atoms with Crippen molar-refractivity contribution in [2.75, 3.05) is 0 Å². The first-order chi connectivity index (χ1) is 6.24. The number of hydrogen-bond acceptors (Lipinski definition) is 2. The first kappa shape index (κ1) is 9.00. The molecule has 13 heavy (non-hydrogen) atoms. The Kier molecular flexibility index (Phi) is 2.54. The third-order valence-electron chi connectivity index (χ3n) is 2.31. The lowest BCUT2D eigenvalue weighted by Crippen LogP contribution is -2.32. The maximum Gasteiger partial charge on any atom is 0.214 e. The minimum absolute atomic E-state index is 0.386. The van der Waals surface area contributed by atoms with Crippen molar-refractivity contribution in [3.63, 3.8) is 0 Å². The zero-order chi connectivity index (χ0) is 9.26. The first-order valence-electron chi connectivity index (χ1n) is 4.52. The van der Waals surface area contributed by atoms with Crippen LogP contribution in [0.3, 0.4) is 0 Å². The van der Waals surface area contributed by atoms with Gasteiger partial charge in [-0.2, -0.15) is 0 Å².